The summed E-state index contributed by atoms with van der Waals surface area (Å²) in [5, 5.41) is 8.62. The third-order valence-electron chi connectivity index (χ3n) is 2.55. The number of rotatable bonds is 3. The smallest absolute Gasteiger partial charge is 0.188 e. The second-order valence-electron chi connectivity index (χ2n) is 4.02. The van der Waals surface area contributed by atoms with Crippen LogP contribution in [-0.4, -0.2) is 34.3 Å². The number of nitrogen functional groups attached to an aromatic ring is 1. The topological polar surface area (TPSA) is 84.9 Å². The van der Waals surface area contributed by atoms with Gasteiger partial charge in [0.1, 0.15) is 11.5 Å². The highest BCUT2D eigenvalue weighted by molar-refractivity contribution is 7.99. The molecule has 3 N–H and O–H groups in total. The van der Waals surface area contributed by atoms with Crippen molar-refractivity contribution in [2.24, 2.45) is 5.73 Å². The number of aryl methyl sites for hydroxylation is 1. The average Bonchev–Trinajstić information content (AvgIpc) is 2.29. The zero-order valence-electron chi connectivity index (χ0n) is 9.77. The van der Waals surface area contributed by atoms with E-state index in [1.807, 2.05) is 6.92 Å². The summed E-state index contributed by atoms with van der Waals surface area (Å²) in [5.74, 6) is -0.00988. The van der Waals surface area contributed by atoms with Crippen LogP contribution in [0.3, 0.4) is 0 Å². The number of aromatic nitrogens is 2. The van der Waals surface area contributed by atoms with Gasteiger partial charge >= 0.3 is 0 Å². The Morgan fingerprint density at radius 3 is 2.82 bits per heavy atom. The van der Waals surface area contributed by atoms with Gasteiger partial charge in [-0.2, -0.15) is 0 Å². The van der Waals surface area contributed by atoms with Crippen molar-refractivity contribution in [1.82, 2.24) is 9.97 Å². The van der Waals surface area contributed by atoms with Crippen LogP contribution in [-0.2, 0) is 4.74 Å². The molecule has 2 heterocycles. The first-order valence-corrected chi connectivity index (χ1v) is 6.47. The number of hydrogen-bond donors (Lipinski definition) is 2. The van der Waals surface area contributed by atoms with E-state index >= 15 is 0 Å². The van der Waals surface area contributed by atoms with Crippen LogP contribution in [0.1, 0.15) is 24.2 Å². The molecule has 0 aromatic carbocycles. The molecule has 92 valence electrons. The van der Waals surface area contributed by atoms with Crippen LogP contribution in [0.25, 0.3) is 0 Å². The fourth-order valence-corrected chi connectivity index (χ4v) is 2.75. The van der Waals surface area contributed by atoms with E-state index in [0.717, 1.165) is 31.7 Å². The molecule has 17 heavy (non-hydrogen) atoms. The van der Waals surface area contributed by atoms with Crippen molar-refractivity contribution in [2.75, 3.05) is 13.2 Å². The third kappa shape index (κ3) is 3.41. The largest absolute Gasteiger partial charge is 0.382 e. The van der Waals surface area contributed by atoms with Crippen molar-refractivity contribution in [1.29, 1.82) is 5.41 Å². The number of ether oxygens (including phenoxy) is 1. The molecule has 0 atom stereocenters. The van der Waals surface area contributed by atoms with Crippen molar-refractivity contribution in [3.63, 3.8) is 0 Å². The molecule has 0 bridgehead atoms. The lowest BCUT2D eigenvalue weighted by Crippen LogP contribution is -2.19. The van der Waals surface area contributed by atoms with Gasteiger partial charge in [0.25, 0.3) is 0 Å². The molecule has 0 unspecified atom stereocenters. The molecule has 1 saturated heterocycles. The third-order valence-corrected chi connectivity index (χ3v) is 3.75. The molecule has 5 nitrogen and oxygen atoms in total. The average molecular weight is 252 g/mol. The van der Waals surface area contributed by atoms with Gasteiger partial charge in [0.15, 0.2) is 5.16 Å². The number of nitrogens with one attached hydrogen (secondary N) is 1. The van der Waals surface area contributed by atoms with E-state index in [2.05, 4.69) is 9.97 Å². The fourth-order valence-electron chi connectivity index (χ4n) is 1.67. The van der Waals surface area contributed by atoms with Crippen LogP contribution >= 0.6 is 11.8 Å². The van der Waals surface area contributed by atoms with E-state index in [0.29, 0.717) is 16.1 Å². The Hall–Kier alpha value is -1.14. The second-order valence-corrected chi connectivity index (χ2v) is 5.29. The first-order valence-electron chi connectivity index (χ1n) is 5.59. The summed E-state index contributed by atoms with van der Waals surface area (Å²) in [6.45, 7) is 3.51. The van der Waals surface area contributed by atoms with E-state index in [-0.39, 0.29) is 5.84 Å². The van der Waals surface area contributed by atoms with Crippen molar-refractivity contribution in [3.05, 3.63) is 17.5 Å². The number of thioether (sulfide) groups is 1. The van der Waals surface area contributed by atoms with Gasteiger partial charge in [0.2, 0.25) is 0 Å². The van der Waals surface area contributed by atoms with Crippen LogP contribution in [0.15, 0.2) is 11.2 Å². The highest BCUT2D eigenvalue weighted by atomic mass is 32.2. The maximum atomic E-state index is 7.41. The molecule has 0 amide bonds. The molecule has 1 fully saturated rings. The lowest BCUT2D eigenvalue weighted by atomic mass is 10.2. The van der Waals surface area contributed by atoms with Crippen LogP contribution in [0.2, 0.25) is 0 Å². The molecule has 1 aromatic rings. The van der Waals surface area contributed by atoms with E-state index in [4.69, 9.17) is 15.9 Å². The monoisotopic (exact) mass is 252 g/mol. The molecule has 0 aliphatic carbocycles. The van der Waals surface area contributed by atoms with Crippen LogP contribution in [0.4, 0.5) is 0 Å². The van der Waals surface area contributed by atoms with Crippen molar-refractivity contribution < 1.29 is 4.74 Å². The lowest BCUT2D eigenvalue weighted by molar-refractivity contribution is 0.1000. The van der Waals surface area contributed by atoms with Crippen LogP contribution in [0.5, 0.6) is 0 Å². The van der Waals surface area contributed by atoms with Gasteiger partial charge in [-0.3, -0.25) is 5.41 Å². The molecular formula is C11H16N4OS. The minimum Gasteiger partial charge on any atom is -0.382 e. The van der Waals surface area contributed by atoms with Gasteiger partial charge in [-0.1, -0.05) is 11.8 Å². The van der Waals surface area contributed by atoms with Gasteiger partial charge in [-0.25, -0.2) is 9.97 Å². The van der Waals surface area contributed by atoms with E-state index in [1.165, 1.54) is 0 Å². The van der Waals surface area contributed by atoms with Gasteiger partial charge in [0, 0.05) is 24.2 Å². The maximum absolute atomic E-state index is 7.41. The predicted molar refractivity (Wildman–Crippen MR) is 67.5 cm³/mol. The maximum Gasteiger partial charge on any atom is 0.188 e. The SMILES string of the molecule is Cc1cc(C(=N)N)nc(SC2CCOCC2)n1. The summed E-state index contributed by atoms with van der Waals surface area (Å²) in [6, 6.07) is 1.73. The molecule has 0 radical (unpaired) electrons. The van der Waals surface area contributed by atoms with Gasteiger partial charge in [-0.05, 0) is 25.8 Å². The summed E-state index contributed by atoms with van der Waals surface area (Å²) in [4.78, 5) is 8.66. The van der Waals surface area contributed by atoms with Gasteiger partial charge < -0.3 is 10.5 Å². The van der Waals surface area contributed by atoms with Crippen LogP contribution in [0, 0.1) is 12.3 Å². The van der Waals surface area contributed by atoms with Gasteiger partial charge in [-0.15, -0.1) is 0 Å². The minimum absolute atomic E-state index is 0.00988. The molecular weight excluding hydrogens is 236 g/mol. The van der Waals surface area contributed by atoms with Crippen molar-refractivity contribution in [3.8, 4) is 0 Å². The van der Waals surface area contributed by atoms with E-state index in [9.17, 15) is 0 Å². The predicted octanol–water partition coefficient (Wildman–Crippen LogP) is 1.34. The molecule has 1 aliphatic rings. The van der Waals surface area contributed by atoms with Crippen molar-refractivity contribution in [2.45, 2.75) is 30.2 Å². The Labute approximate surface area is 105 Å². The molecule has 2 rings (SSSR count). The lowest BCUT2D eigenvalue weighted by Gasteiger charge is -2.20. The summed E-state index contributed by atoms with van der Waals surface area (Å²) in [6.07, 6.45) is 2.05. The molecule has 0 saturated carbocycles. The minimum atomic E-state index is -0.00988. The van der Waals surface area contributed by atoms with E-state index < -0.39 is 0 Å². The Bertz CT molecular complexity index is 418. The molecule has 1 aliphatic heterocycles. The normalized spacial score (nSPS) is 17.0. The Kier molecular flexibility index (Phi) is 3.96. The summed E-state index contributed by atoms with van der Waals surface area (Å²) >= 11 is 1.66. The molecule has 1 aromatic heterocycles. The summed E-state index contributed by atoms with van der Waals surface area (Å²) in [5.41, 5.74) is 6.80. The Morgan fingerprint density at radius 1 is 1.47 bits per heavy atom. The number of nitrogens with zero attached hydrogens (tertiary/aromatic N) is 2. The fraction of sp³-hybridized carbons (Fsp3) is 0.545. The standard InChI is InChI=1S/C11H16N4OS/c1-7-6-9(10(12)13)15-11(14-7)17-8-2-4-16-5-3-8/h6,8H,2-5H2,1H3,(H3,12,13). The highest BCUT2D eigenvalue weighted by Crippen LogP contribution is 2.27. The Morgan fingerprint density at radius 2 is 2.18 bits per heavy atom. The van der Waals surface area contributed by atoms with E-state index in [1.54, 1.807) is 17.8 Å². The first-order chi connectivity index (χ1) is 8.15. The Balaban J connectivity index is 2.11. The second kappa shape index (κ2) is 5.46. The quantitative estimate of drug-likeness (QED) is 0.482. The van der Waals surface area contributed by atoms with Crippen molar-refractivity contribution >= 4 is 17.6 Å². The number of hydrogen-bond acceptors (Lipinski definition) is 5. The zero-order valence-corrected chi connectivity index (χ0v) is 10.6. The zero-order chi connectivity index (χ0) is 12.3. The summed E-state index contributed by atoms with van der Waals surface area (Å²) in [7, 11) is 0. The highest BCUT2D eigenvalue weighted by Gasteiger charge is 2.17. The van der Waals surface area contributed by atoms with Crippen LogP contribution < -0.4 is 5.73 Å². The number of nitrogens with two attached hydrogens (primary N) is 1. The number of amidine groups is 1. The summed E-state index contributed by atoms with van der Waals surface area (Å²) < 4.78 is 5.31. The molecule has 6 heteroatoms. The first kappa shape index (κ1) is 12.3. The van der Waals surface area contributed by atoms with Gasteiger partial charge in [0.05, 0.1) is 0 Å². The molecule has 0 spiro atoms.